The van der Waals surface area contributed by atoms with Crippen LogP contribution in [0, 0.1) is 6.92 Å². The Balaban J connectivity index is 2.68. The topological polar surface area (TPSA) is 29.1 Å². The SMILES string of the molecule is CSCC(=O)Nc1ccc(C)c(Cl)c1. The van der Waals surface area contributed by atoms with Crippen LogP contribution in [0.3, 0.4) is 0 Å². The standard InChI is InChI=1S/C10H12ClNOS/c1-7-3-4-8(5-9(7)11)12-10(13)6-14-2/h3-5H,6H2,1-2H3,(H,12,13). The molecule has 0 saturated heterocycles. The fraction of sp³-hybridized carbons (Fsp3) is 0.300. The molecule has 0 saturated carbocycles. The average Bonchev–Trinajstić information content (AvgIpc) is 2.12. The Bertz CT molecular complexity index is 341. The summed E-state index contributed by atoms with van der Waals surface area (Å²) in [4.78, 5) is 11.2. The molecule has 0 atom stereocenters. The zero-order valence-electron chi connectivity index (χ0n) is 8.13. The molecule has 0 unspecified atom stereocenters. The molecule has 1 aromatic rings. The highest BCUT2D eigenvalue weighted by molar-refractivity contribution is 7.99. The van der Waals surface area contributed by atoms with Crippen LogP contribution >= 0.6 is 23.4 Å². The predicted octanol–water partition coefficient (Wildman–Crippen LogP) is 2.95. The Kier molecular flexibility index (Phi) is 4.29. The molecular formula is C10H12ClNOS. The molecule has 0 radical (unpaired) electrons. The van der Waals surface area contributed by atoms with Gasteiger partial charge in [0.05, 0.1) is 5.75 Å². The van der Waals surface area contributed by atoms with Crippen molar-refractivity contribution in [3.8, 4) is 0 Å². The zero-order valence-corrected chi connectivity index (χ0v) is 9.71. The first-order valence-electron chi connectivity index (χ1n) is 4.18. The lowest BCUT2D eigenvalue weighted by Gasteiger charge is -2.05. The number of carbonyl (C=O) groups excluding carboxylic acids is 1. The number of thioether (sulfide) groups is 1. The second-order valence-corrected chi connectivity index (χ2v) is 4.22. The molecule has 0 fully saturated rings. The van der Waals surface area contributed by atoms with Gasteiger partial charge in [-0.05, 0) is 30.9 Å². The van der Waals surface area contributed by atoms with Crippen molar-refractivity contribution in [2.45, 2.75) is 6.92 Å². The van der Waals surface area contributed by atoms with Gasteiger partial charge in [0.1, 0.15) is 0 Å². The Labute approximate surface area is 93.0 Å². The van der Waals surface area contributed by atoms with E-state index in [1.807, 2.05) is 25.3 Å². The van der Waals surface area contributed by atoms with Gasteiger partial charge in [-0.1, -0.05) is 17.7 Å². The average molecular weight is 230 g/mol. The first-order chi connectivity index (χ1) is 6.63. The fourth-order valence-electron chi connectivity index (χ4n) is 0.999. The van der Waals surface area contributed by atoms with Crippen LogP contribution in [0.15, 0.2) is 18.2 Å². The molecule has 0 aliphatic carbocycles. The van der Waals surface area contributed by atoms with Crippen molar-refractivity contribution in [3.63, 3.8) is 0 Å². The fourth-order valence-corrected chi connectivity index (χ4v) is 1.51. The minimum Gasteiger partial charge on any atom is -0.325 e. The molecule has 2 nitrogen and oxygen atoms in total. The van der Waals surface area contributed by atoms with Crippen molar-refractivity contribution in [2.75, 3.05) is 17.3 Å². The number of benzene rings is 1. The number of aryl methyl sites for hydroxylation is 1. The lowest BCUT2D eigenvalue weighted by Crippen LogP contribution is -2.13. The molecule has 0 bridgehead atoms. The van der Waals surface area contributed by atoms with Gasteiger partial charge in [0.25, 0.3) is 0 Å². The van der Waals surface area contributed by atoms with Gasteiger partial charge in [0.2, 0.25) is 5.91 Å². The van der Waals surface area contributed by atoms with Crippen molar-refractivity contribution in [1.82, 2.24) is 0 Å². The lowest BCUT2D eigenvalue weighted by atomic mass is 10.2. The molecule has 76 valence electrons. The number of hydrogen-bond acceptors (Lipinski definition) is 2. The number of amides is 1. The van der Waals surface area contributed by atoms with E-state index in [0.717, 1.165) is 11.3 Å². The van der Waals surface area contributed by atoms with Gasteiger partial charge in [-0.15, -0.1) is 0 Å². The molecule has 1 N–H and O–H groups in total. The maximum absolute atomic E-state index is 11.2. The van der Waals surface area contributed by atoms with Crippen LogP contribution < -0.4 is 5.32 Å². The van der Waals surface area contributed by atoms with Crippen molar-refractivity contribution in [1.29, 1.82) is 0 Å². The van der Waals surface area contributed by atoms with E-state index >= 15 is 0 Å². The normalized spacial score (nSPS) is 9.93. The molecular weight excluding hydrogens is 218 g/mol. The summed E-state index contributed by atoms with van der Waals surface area (Å²) >= 11 is 7.41. The van der Waals surface area contributed by atoms with E-state index in [1.165, 1.54) is 11.8 Å². The Morgan fingerprint density at radius 1 is 1.57 bits per heavy atom. The summed E-state index contributed by atoms with van der Waals surface area (Å²) in [5.74, 6) is 0.461. The molecule has 0 spiro atoms. The molecule has 0 heterocycles. The number of nitrogens with one attached hydrogen (secondary N) is 1. The van der Waals surface area contributed by atoms with Crippen molar-refractivity contribution >= 4 is 35.0 Å². The minimum absolute atomic E-state index is 0.00239. The molecule has 1 rings (SSSR count). The Morgan fingerprint density at radius 2 is 2.29 bits per heavy atom. The van der Waals surface area contributed by atoms with Crippen molar-refractivity contribution in [2.24, 2.45) is 0 Å². The molecule has 1 amide bonds. The van der Waals surface area contributed by atoms with E-state index in [2.05, 4.69) is 5.32 Å². The van der Waals surface area contributed by atoms with E-state index in [0.29, 0.717) is 10.8 Å². The quantitative estimate of drug-likeness (QED) is 0.864. The van der Waals surface area contributed by atoms with E-state index < -0.39 is 0 Å². The third-order valence-corrected chi connectivity index (χ3v) is 2.69. The molecule has 0 aliphatic heterocycles. The van der Waals surface area contributed by atoms with Gasteiger partial charge in [0.15, 0.2) is 0 Å². The largest absolute Gasteiger partial charge is 0.325 e. The third kappa shape index (κ3) is 3.24. The zero-order chi connectivity index (χ0) is 10.6. The number of hydrogen-bond donors (Lipinski definition) is 1. The van der Waals surface area contributed by atoms with Crippen LogP contribution in [0.5, 0.6) is 0 Å². The van der Waals surface area contributed by atoms with Crippen LogP contribution in [-0.2, 0) is 4.79 Å². The first-order valence-corrected chi connectivity index (χ1v) is 5.95. The number of carbonyl (C=O) groups is 1. The molecule has 1 aromatic carbocycles. The smallest absolute Gasteiger partial charge is 0.234 e. The second kappa shape index (κ2) is 5.27. The summed E-state index contributed by atoms with van der Waals surface area (Å²) in [7, 11) is 0. The molecule has 14 heavy (non-hydrogen) atoms. The third-order valence-electron chi connectivity index (χ3n) is 1.73. The number of rotatable bonds is 3. The van der Waals surface area contributed by atoms with Gasteiger partial charge in [-0.3, -0.25) is 4.79 Å². The van der Waals surface area contributed by atoms with Gasteiger partial charge in [-0.25, -0.2) is 0 Å². The Hall–Kier alpha value is -0.670. The van der Waals surface area contributed by atoms with Crippen LogP contribution in [-0.4, -0.2) is 17.9 Å². The van der Waals surface area contributed by atoms with Crippen molar-refractivity contribution < 1.29 is 4.79 Å². The highest BCUT2D eigenvalue weighted by Gasteiger charge is 2.02. The van der Waals surface area contributed by atoms with Gasteiger partial charge in [0, 0.05) is 10.7 Å². The van der Waals surface area contributed by atoms with Gasteiger partial charge < -0.3 is 5.32 Å². The highest BCUT2D eigenvalue weighted by Crippen LogP contribution is 2.19. The summed E-state index contributed by atoms with van der Waals surface area (Å²) in [6.07, 6.45) is 1.89. The summed E-state index contributed by atoms with van der Waals surface area (Å²) < 4.78 is 0. The van der Waals surface area contributed by atoms with E-state index in [-0.39, 0.29) is 5.91 Å². The first kappa shape index (κ1) is 11.4. The lowest BCUT2D eigenvalue weighted by molar-refractivity contribution is -0.113. The summed E-state index contributed by atoms with van der Waals surface area (Å²) in [6.45, 7) is 1.93. The predicted molar refractivity (Wildman–Crippen MR) is 63.2 cm³/mol. The number of anilines is 1. The van der Waals surface area contributed by atoms with Crippen LogP contribution in [0.25, 0.3) is 0 Å². The van der Waals surface area contributed by atoms with E-state index in [1.54, 1.807) is 6.07 Å². The molecule has 0 aliphatic rings. The summed E-state index contributed by atoms with van der Waals surface area (Å²) in [6, 6.07) is 5.49. The van der Waals surface area contributed by atoms with Crippen molar-refractivity contribution in [3.05, 3.63) is 28.8 Å². The second-order valence-electron chi connectivity index (χ2n) is 2.95. The van der Waals surface area contributed by atoms with Gasteiger partial charge in [-0.2, -0.15) is 11.8 Å². The van der Waals surface area contributed by atoms with Gasteiger partial charge >= 0.3 is 0 Å². The summed E-state index contributed by atoms with van der Waals surface area (Å²) in [5, 5.41) is 3.44. The van der Waals surface area contributed by atoms with E-state index in [4.69, 9.17) is 11.6 Å². The summed E-state index contributed by atoms with van der Waals surface area (Å²) in [5.41, 5.74) is 1.76. The highest BCUT2D eigenvalue weighted by atomic mass is 35.5. The minimum atomic E-state index is -0.00239. The van der Waals surface area contributed by atoms with Crippen LogP contribution in [0.4, 0.5) is 5.69 Å². The number of halogens is 1. The monoisotopic (exact) mass is 229 g/mol. The Morgan fingerprint density at radius 3 is 2.86 bits per heavy atom. The maximum Gasteiger partial charge on any atom is 0.234 e. The maximum atomic E-state index is 11.2. The molecule has 0 aromatic heterocycles. The van der Waals surface area contributed by atoms with E-state index in [9.17, 15) is 4.79 Å². The molecule has 4 heteroatoms. The van der Waals surface area contributed by atoms with Crippen LogP contribution in [0.1, 0.15) is 5.56 Å². The van der Waals surface area contributed by atoms with Crippen LogP contribution in [0.2, 0.25) is 5.02 Å².